The van der Waals surface area contributed by atoms with Crippen LogP contribution in [0.1, 0.15) is 25.2 Å². The normalized spacial score (nSPS) is 23.7. The summed E-state index contributed by atoms with van der Waals surface area (Å²) in [5.41, 5.74) is 1.45. The molecule has 0 spiro atoms. The summed E-state index contributed by atoms with van der Waals surface area (Å²) in [6, 6.07) is -1.01. The number of halogens is 1. The van der Waals surface area contributed by atoms with E-state index in [2.05, 4.69) is 10.4 Å². The van der Waals surface area contributed by atoms with E-state index in [0.717, 1.165) is 5.69 Å². The van der Waals surface area contributed by atoms with Gasteiger partial charge in [-0.3, -0.25) is 14.3 Å². The van der Waals surface area contributed by atoms with Crippen LogP contribution in [-0.4, -0.2) is 38.6 Å². The van der Waals surface area contributed by atoms with Crippen molar-refractivity contribution in [2.45, 2.75) is 39.4 Å². The average molecular weight is 285 g/mol. The molecule has 2 atom stereocenters. The van der Waals surface area contributed by atoms with Gasteiger partial charge < -0.3 is 10.2 Å². The number of nitrogens with zero attached hydrogens (tertiary/aromatic N) is 3. The second-order valence-corrected chi connectivity index (χ2v) is 5.22. The van der Waals surface area contributed by atoms with Gasteiger partial charge in [0.15, 0.2) is 0 Å². The van der Waals surface area contributed by atoms with Crippen molar-refractivity contribution in [2.24, 2.45) is 7.05 Å². The predicted molar refractivity (Wildman–Crippen MR) is 70.6 cm³/mol. The SMILES string of the molecule is Cc1nn(C)c(CN2C(=O)C(C)NC(=O)C2C)c1Cl. The largest absolute Gasteiger partial charge is 0.343 e. The first-order valence-corrected chi connectivity index (χ1v) is 6.49. The van der Waals surface area contributed by atoms with E-state index in [-0.39, 0.29) is 18.4 Å². The third kappa shape index (κ3) is 2.32. The smallest absolute Gasteiger partial charge is 0.245 e. The van der Waals surface area contributed by atoms with Crippen molar-refractivity contribution >= 4 is 23.4 Å². The monoisotopic (exact) mass is 284 g/mol. The fourth-order valence-corrected chi connectivity index (χ4v) is 2.42. The summed E-state index contributed by atoms with van der Waals surface area (Å²) in [5.74, 6) is -0.260. The quantitative estimate of drug-likeness (QED) is 0.866. The van der Waals surface area contributed by atoms with Crippen LogP contribution in [-0.2, 0) is 23.2 Å². The number of piperazine rings is 1. The van der Waals surface area contributed by atoms with Crippen molar-refractivity contribution in [3.63, 3.8) is 0 Å². The zero-order chi connectivity index (χ0) is 14.3. The molecule has 1 N–H and O–H groups in total. The maximum atomic E-state index is 12.2. The number of aryl methyl sites for hydroxylation is 2. The Labute approximate surface area is 116 Å². The molecule has 1 saturated heterocycles. The lowest BCUT2D eigenvalue weighted by Gasteiger charge is -2.36. The van der Waals surface area contributed by atoms with Crippen LogP contribution in [0.4, 0.5) is 0 Å². The van der Waals surface area contributed by atoms with Gasteiger partial charge in [-0.05, 0) is 20.8 Å². The van der Waals surface area contributed by atoms with Crippen LogP contribution in [0.5, 0.6) is 0 Å². The maximum absolute atomic E-state index is 12.2. The number of hydrogen-bond acceptors (Lipinski definition) is 3. The predicted octanol–water partition coefficient (Wildman–Crippen LogP) is 0.617. The number of amides is 2. The molecule has 0 radical (unpaired) electrons. The Morgan fingerprint density at radius 2 is 2.00 bits per heavy atom. The minimum absolute atomic E-state index is 0.109. The standard InChI is InChI=1S/C12H17ClN4O2/c1-6-10(13)9(16(4)15-6)5-17-8(3)11(18)14-7(2)12(17)19/h7-8H,5H2,1-4H3,(H,14,18). The van der Waals surface area contributed by atoms with Crippen LogP contribution in [0.3, 0.4) is 0 Å². The van der Waals surface area contributed by atoms with Crippen LogP contribution in [0.15, 0.2) is 0 Å². The van der Waals surface area contributed by atoms with Crippen molar-refractivity contribution in [1.82, 2.24) is 20.0 Å². The van der Waals surface area contributed by atoms with Crippen LogP contribution >= 0.6 is 11.6 Å². The lowest BCUT2D eigenvalue weighted by molar-refractivity contribution is -0.148. The molecule has 7 heteroatoms. The summed E-state index contributed by atoms with van der Waals surface area (Å²) >= 11 is 6.18. The molecule has 19 heavy (non-hydrogen) atoms. The number of nitrogens with one attached hydrogen (secondary N) is 1. The van der Waals surface area contributed by atoms with Crippen LogP contribution in [0.2, 0.25) is 5.02 Å². The van der Waals surface area contributed by atoms with Gasteiger partial charge in [0.2, 0.25) is 11.8 Å². The molecule has 1 aromatic heterocycles. The zero-order valence-corrected chi connectivity index (χ0v) is 12.2. The first-order valence-electron chi connectivity index (χ1n) is 6.11. The number of carbonyl (C=O) groups is 2. The van der Waals surface area contributed by atoms with Crippen LogP contribution in [0, 0.1) is 6.92 Å². The Morgan fingerprint density at radius 3 is 2.53 bits per heavy atom. The van der Waals surface area contributed by atoms with E-state index in [1.165, 1.54) is 4.90 Å². The highest BCUT2D eigenvalue weighted by Crippen LogP contribution is 2.23. The highest BCUT2D eigenvalue weighted by Gasteiger charge is 2.36. The molecule has 104 valence electrons. The fraction of sp³-hybridized carbons (Fsp3) is 0.583. The highest BCUT2D eigenvalue weighted by molar-refractivity contribution is 6.31. The number of carbonyl (C=O) groups excluding carboxylic acids is 2. The minimum atomic E-state index is -0.505. The Kier molecular flexibility index (Phi) is 3.54. The van der Waals surface area contributed by atoms with Crippen molar-refractivity contribution in [3.05, 3.63) is 16.4 Å². The minimum Gasteiger partial charge on any atom is -0.343 e. The summed E-state index contributed by atoms with van der Waals surface area (Å²) in [4.78, 5) is 25.5. The zero-order valence-electron chi connectivity index (χ0n) is 11.4. The first kappa shape index (κ1) is 13.9. The molecule has 0 aromatic carbocycles. The van der Waals surface area contributed by atoms with Crippen molar-refractivity contribution < 1.29 is 9.59 Å². The Bertz CT molecular complexity index is 540. The molecule has 0 bridgehead atoms. The third-order valence-electron chi connectivity index (χ3n) is 3.44. The van der Waals surface area contributed by atoms with E-state index in [1.54, 1.807) is 25.6 Å². The molecule has 1 aromatic rings. The van der Waals surface area contributed by atoms with Crippen LogP contribution < -0.4 is 5.32 Å². The lowest BCUT2D eigenvalue weighted by Crippen LogP contribution is -2.61. The molecule has 1 aliphatic rings. The van der Waals surface area contributed by atoms with E-state index in [9.17, 15) is 9.59 Å². The average Bonchev–Trinajstić information content (AvgIpc) is 2.58. The fourth-order valence-electron chi connectivity index (χ4n) is 2.20. The van der Waals surface area contributed by atoms with Gasteiger partial charge in [0, 0.05) is 7.05 Å². The highest BCUT2D eigenvalue weighted by atomic mass is 35.5. The van der Waals surface area contributed by atoms with Gasteiger partial charge in [0.25, 0.3) is 0 Å². The third-order valence-corrected chi connectivity index (χ3v) is 3.93. The van der Waals surface area contributed by atoms with Gasteiger partial charge in [-0.15, -0.1) is 0 Å². The molecular weight excluding hydrogens is 268 g/mol. The van der Waals surface area contributed by atoms with Gasteiger partial charge in [0.05, 0.1) is 23.0 Å². The summed E-state index contributed by atoms with van der Waals surface area (Å²) in [6.07, 6.45) is 0. The molecule has 1 aliphatic heterocycles. The van der Waals surface area contributed by atoms with E-state index < -0.39 is 12.1 Å². The molecule has 0 saturated carbocycles. The van der Waals surface area contributed by atoms with Crippen molar-refractivity contribution in [1.29, 1.82) is 0 Å². The number of aromatic nitrogens is 2. The van der Waals surface area contributed by atoms with E-state index >= 15 is 0 Å². The van der Waals surface area contributed by atoms with E-state index in [0.29, 0.717) is 10.7 Å². The van der Waals surface area contributed by atoms with Crippen molar-refractivity contribution in [2.75, 3.05) is 0 Å². The Balaban J connectivity index is 2.30. The van der Waals surface area contributed by atoms with E-state index in [1.807, 2.05) is 6.92 Å². The van der Waals surface area contributed by atoms with Gasteiger partial charge in [-0.25, -0.2) is 0 Å². The second kappa shape index (κ2) is 4.85. The van der Waals surface area contributed by atoms with Gasteiger partial charge in [-0.1, -0.05) is 11.6 Å². The van der Waals surface area contributed by atoms with Crippen LogP contribution in [0.25, 0.3) is 0 Å². The summed E-state index contributed by atoms with van der Waals surface area (Å²) < 4.78 is 1.65. The van der Waals surface area contributed by atoms with E-state index in [4.69, 9.17) is 11.6 Å². The topological polar surface area (TPSA) is 67.2 Å². The molecule has 1 fully saturated rings. The molecule has 2 unspecified atom stereocenters. The second-order valence-electron chi connectivity index (χ2n) is 4.84. The Hall–Kier alpha value is -1.56. The number of rotatable bonds is 2. The maximum Gasteiger partial charge on any atom is 0.245 e. The first-order chi connectivity index (χ1) is 8.82. The molecular formula is C12H17ClN4O2. The molecule has 2 amide bonds. The van der Waals surface area contributed by atoms with Gasteiger partial charge in [-0.2, -0.15) is 5.10 Å². The van der Waals surface area contributed by atoms with Gasteiger partial charge in [0.1, 0.15) is 12.1 Å². The van der Waals surface area contributed by atoms with Gasteiger partial charge >= 0.3 is 0 Å². The molecule has 6 nitrogen and oxygen atoms in total. The molecule has 2 heterocycles. The summed E-state index contributed by atoms with van der Waals surface area (Å²) in [5, 5.41) is 7.40. The van der Waals surface area contributed by atoms with Crippen molar-refractivity contribution in [3.8, 4) is 0 Å². The summed E-state index contributed by atoms with van der Waals surface area (Å²) in [7, 11) is 1.77. The summed E-state index contributed by atoms with van der Waals surface area (Å²) in [6.45, 7) is 5.47. The molecule has 2 rings (SSSR count). The Morgan fingerprint density at radius 1 is 1.37 bits per heavy atom. The molecule has 0 aliphatic carbocycles. The lowest BCUT2D eigenvalue weighted by atomic mass is 10.1. The number of hydrogen-bond donors (Lipinski definition) is 1.